The summed E-state index contributed by atoms with van der Waals surface area (Å²) in [7, 11) is -9.96. The van der Waals surface area contributed by atoms with Gasteiger partial charge in [0.15, 0.2) is 12.2 Å². The third kappa shape index (κ3) is 72.6. The van der Waals surface area contributed by atoms with Crippen LogP contribution in [0.25, 0.3) is 0 Å². The van der Waals surface area contributed by atoms with Crippen LogP contribution in [0.4, 0.5) is 0 Å². The van der Waals surface area contributed by atoms with E-state index in [9.17, 15) is 43.2 Å². The van der Waals surface area contributed by atoms with Crippen molar-refractivity contribution in [2.75, 3.05) is 39.6 Å². The molecule has 100 heavy (non-hydrogen) atoms. The molecule has 3 N–H and O–H groups in total. The summed E-state index contributed by atoms with van der Waals surface area (Å²) in [5, 5.41) is 10.6. The molecule has 0 aromatic rings. The van der Waals surface area contributed by atoms with Gasteiger partial charge in [0.25, 0.3) is 0 Å². The molecule has 5 atom stereocenters. The number of carbonyl (C=O) groups is 4. The lowest BCUT2D eigenvalue weighted by atomic mass is 10.1. The minimum Gasteiger partial charge on any atom is -0.462 e. The van der Waals surface area contributed by atoms with E-state index in [0.29, 0.717) is 25.7 Å². The van der Waals surface area contributed by atoms with Gasteiger partial charge < -0.3 is 33.8 Å². The quantitative estimate of drug-likeness (QED) is 0.0169. The van der Waals surface area contributed by atoms with Crippen LogP contribution < -0.4 is 0 Å². The molecule has 0 heterocycles. The van der Waals surface area contributed by atoms with Crippen molar-refractivity contribution in [3.05, 3.63) is 85.1 Å². The number of carbonyl (C=O) groups excluding carboxylic acids is 4. The highest BCUT2D eigenvalue weighted by molar-refractivity contribution is 7.47. The second-order valence-corrected chi connectivity index (χ2v) is 29.5. The number of aliphatic hydroxyl groups excluding tert-OH is 1. The molecule has 19 heteroatoms. The second-order valence-electron chi connectivity index (χ2n) is 26.6. The van der Waals surface area contributed by atoms with E-state index >= 15 is 0 Å². The number of aliphatic hydroxyl groups is 1. The summed E-state index contributed by atoms with van der Waals surface area (Å²) in [6.45, 7) is 4.73. The Morgan fingerprint density at radius 3 is 0.820 bits per heavy atom. The zero-order valence-electron chi connectivity index (χ0n) is 63.4. The summed E-state index contributed by atoms with van der Waals surface area (Å²) in [6.07, 6.45) is 75.6. The van der Waals surface area contributed by atoms with Crippen LogP contribution >= 0.6 is 15.6 Å². The van der Waals surface area contributed by atoms with Crippen LogP contribution in [0.2, 0.25) is 0 Å². The molecule has 580 valence electrons. The van der Waals surface area contributed by atoms with Crippen molar-refractivity contribution in [3.8, 4) is 0 Å². The first kappa shape index (κ1) is 96.2. The molecule has 0 aromatic carbocycles. The highest BCUT2D eigenvalue weighted by Gasteiger charge is 2.30. The van der Waals surface area contributed by atoms with Crippen molar-refractivity contribution < 1.29 is 80.2 Å². The van der Waals surface area contributed by atoms with Gasteiger partial charge in [-0.3, -0.25) is 37.3 Å². The lowest BCUT2D eigenvalue weighted by Crippen LogP contribution is -2.30. The zero-order chi connectivity index (χ0) is 73.2. The zero-order valence-corrected chi connectivity index (χ0v) is 65.2. The predicted molar refractivity (Wildman–Crippen MR) is 409 cm³/mol. The third-order valence-electron chi connectivity index (χ3n) is 16.8. The summed E-state index contributed by atoms with van der Waals surface area (Å²) >= 11 is 0. The maximum absolute atomic E-state index is 13.1. The number of unbranched alkanes of at least 4 members (excludes halogenated alkanes) is 35. The van der Waals surface area contributed by atoms with Crippen molar-refractivity contribution in [2.45, 2.75) is 367 Å². The first-order chi connectivity index (χ1) is 48.7. The Kier molecular flexibility index (Phi) is 70.8. The van der Waals surface area contributed by atoms with E-state index < -0.39 is 97.5 Å². The van der Waals surface area contributed by atoms with Crippen LogP contribution in [-0.4, -0.2) is 96.7 Å². The Balaban J connectivity index is 5.37. The Bertz CT molecular complexity index is 2230. The molecular formula is C81H144O17P2. The SMILES string of the molecule is CC/C=C\C/C=C\C/C=C\C/C=C\CCCCCCC(=O)OCC(COP(=O)(O)OCC(O)COP(=O)(O)OCC(COC(=O)CCCCCCC/C=C\CCCCCCCC)OC(=O)CCCCCCC/C=C\CCCCCC)OC(=O)CCCCCCC/C=C\CCCCCCCC. The highest BCUT2D eigenvalue weighted by Crippen LogP contribution is 2.45. The van der Waals surface area contributed by atoms with E-state index in [0.717, 1.165) is 167 Å². The number of ether oxygens (including phenoxy) is 4. The van der Waals surface area contributed by atoms with Crippen LogP contribution in [0.15, 0.2) is 85.1 Å². The Morgan fingerprint density at radius 2 is 0.520 bits per heavy atom. The van der Waals surface area contributed by atoms with Crippen molar-refractivity contribution in [1.29, 1.82) is 0 Å². The summed E-state index contributed by atoms with van der Waals surface area (Å²) in [6, 6.07) is 0. The number of rotatable bonds is 75. The van der Waals surface area contributed by atoms with Gasteiger partial charge in [-0.05, 0) is 141 Å². The maximum Gasteiger partial charge on any atom is 0.472 e. The monoisotopic (exact) mass is 1450 g/mol. The largest absolute Gasteiger partial charge is 0.472 e. The van der Waals surface area contributed by atoms with Crippen LogP contribution in [0.1, 0.15) is 349 Å². The van der Waals surface area contributed by atoms with E-state index in [1.807, 2.05) is 0 Å². The Labute approximate surface area is 608 Å². The molecule has 0 radical (unpaired) electrons. The highest BCUT2D eigenvalue weighted by atomic mass is 31.2. The minimum absolute atomic E-state index is 0.0804. The van der Waals surface area contributed by atoms with Gasteiger partial charge >= 0.3 is 39.5 Å². The van der Waals surface area contributed by atoms with Crippen molar-refractivity contribution >= 4 is 39.5 Å². The molecule has 0 bridgehead atoms. The number of phosphoric acid groups is 2. The fourth-order valence-corrected chi connectivity index (χ4v) is 12.3. The van der Waals surface area contributed by atoms with Gasteiger partial charge in [0.2, 0.25) is 0 Å². The molecule has 0 saturated heterocycles. The first-order valence-corrected chi connectivity index (χ1v) is 42.8. The summed E-state index contributed by atoms with van der Waals surface area (Å²) in [5.74, 6) is -2.21. The van der Waals surface area contributed by atoms with E-state index in [4.69, 9.17) is 37.0 Å². The van der Waals surface area contributed by atoms with E-state index in [1.165, 1.54) is 103 Å². The number of hydrogen-bond acceptors (Lipinski definition) is 15. The molecule has 0 spiro atoms. The summed E-state index contributed by atoms with van der Waals surface area (Å²) in [4.78, 5) is 72.9. The number of phosphoric ester groups is 2. The van der Waals surface area contributed by atoms with Gasteiger partial charge in [0.1, 0.15) is 19.3 Å². The fraction of sp³-hybridized carbons (Fsp3) is 0.778. The fourth-order valence-electron chi connectivity index (χ4n) is 10.7. The molecule has 0 aliphatic carbocycles. The van der Waals surface area contributed by atoms with Gasteiger partial charge in [0, 0.05) is 25.7 Å². The molecule has 17 nitrogen and oxygen atoms in total. The standard InChI is InChI=1S/C81H144O17P2/c1-5-9-13-17-21-25-29-33-36-37-40-43-46-50-54-58-62-66-79(84)92-72-77(98-81(86)68-64-60-56-52-48-44-39-35-31-27-23-19-15-11-7-3)74-96-100(89,90)94-70-75(82)69-93-99(87,88)95-73-76(97-80(85)67-63-59-55-51-47-41-32-28-24-20-16-12-8-4)71-91-78(83)65-61-57-53-49-45-42-38-34-30-26-22-18-14-10-6-2/h9,13,21,25,28,32-36,38-40,43,75-77,82H,5-8,10-12,14-20,22-24,26-27,29-31,37,41-42,44-74H2,1-4H3,(H,87,88)(H,89,90)/b13-9-,25-21-,32-28-,36-33-,38-34-,39-35-,43-40-. The molecule has 0 aliphatic heterocycles. The average molecular weight is 1450 g/mol. The average Bonchev–Trinajstić information content (AvgIpc) is 1.06. The molecule has 0 aliphatic rings. The van der Waals surface area contributed by atoms with Gasteiger partial charge in [-0.1, -0.05) is 267 Å². The summed E-state index contributed by atoms with van der Waals surface area (Å²) < 4.78 is 68.6. The second kappa shape index (κ2) is 73.5. The topological polar surface area (TPSA) is 237 Å². The Hall–Kier alpha value is -3.76. The van der Waals surface area contributed by atoms with Gasteiger partial charge in [-0.2, -0.15) is 0 Å². The van der Waals surface area contributed by atoms with Crippen molar-refractivity contribution in [2.24, 2.45) is 0 Å². The van der Waals surface area contributed by atoms with Gasteiger partial charge in [-0.25, -0.2) is 9.13 Å². The first-order valence-electron chi connectivity index (χ1n) is 39.8. The maximum atomic E-state index is 13.1. The summed E-state index contributed by atoms with van der Waals surface area (Å²) in [5.41, 5.74) is 0. The van der Waals surface area contributed by atoms with Crippen molar-refractivity contribution in [3.63, 3.8) is 0 Å². The molecule has 0 saturated carbocycles. The smallest absolute Gasteiger partial charge is 0.462 e. The van der Waals surface area contributed by atoms with E-state index in [-0.39, 0.29) is 25.7 Å². The van der Waals surface area contributed by atoms with Crippen LogP contribution in [0.5, 0.6) is 0 Å². The lowest BCUT2D eigenvalue weighted by Gasteiger charge is -2.21. The van der Waals surface area contributed by atoms with Gasteiger partial charge in [-0.15, -0.1) is 0 Å². The molecule has 0 amide bonds. The van der Waals surface area contributed by atoms with E-state index in [2.05, 4.69) is 113 Å². The normalized spacial score (nSPS) is 14.3. The third-order valence-corrected chi connectivity index (χ3v) is 18.7. The van der Waals surface area contributed by atoms with Crippen LogP contribution in [-0.2, 0) is 65.4 Å². The molecule has 5 unspecified atom stereocenters. The van der Waals surface area contributed by atoms with Crippen LogP contribution in [0, 0.1) is 0 Å². The molecule has 0 aromatic heterocycles. The molecule has 0 fully saturated rings. The van der Waals surface area contributed by atoms with Gasteiger partial charge in [0.05, 0.1) is 26.4 Å². The number of esters is 4. The van der Waals surface area contributed by atoms with Crippen molar-refractivity contribution in [1.82, 2.24) is 0 Å². The predicted octanol–water partition coefficient (Wildman–Crippen LogP) is 23.0. The number of allylic oxidation sites excluding steroid dienone is 14. The lowest BCUT2D eigenvalue weighted by molar-refractivity contribution is -0.161. The number of hydrogen-bond donors (Lipinski definition) is 3. The molecular weight excluding hydrogens is 1310 g/mol. The molecule has 0 rings (SSSR count). The van der Waals surface area contributed by atoms with E-state index in [1.54, 1.807) is 0 Å². The Morgan fingerprint density at radius 1 is 0.290 bits per heavy atom. The minimum atomic E-state index is -4.98. The van der Waals surface area contributed by atoms with Crippen LogP contribution in [0.3, 0.4) is 0 Å².